The average molecular weight is 554 g/mol. The SMILES string of the molecule is COc1cccc(OC)c1-n1c(NS(=O)(=O)[C@@H](C)[C@H](C)c2ncc(C)cn2)nnc1-c1cncc(C(=O)O)c1. The molecule has 0 unspecified atom stereocenters. The van der Waals surface area contributed by atoms with Crippen LogP contribution in [0.3, 0.4) is 0 Å². The van der Waals surface area contributed by atoms with Crippen LogP contribution >= 0.6 is 0 Å². The lowest BCUT2D eigenvalue weighted by Crippen LogP contribution is -2.31. The number of aromatic carboxylic acids is 1. The number of carboxylic acid groups (broad SMARTS) is 1. The predicted molar refractivity (Wildman–Crippen MR) is 142 cm³/mol. The minimum atomic E-state index is -4.08. The maximum atomic E-state index is 13.6. The summed E-state index contributed by atoms with van der Waals surface area (Å²) in [6, 6.07) is 6.37. The molecule has 0 fully saturated rings. The summed E-state index contributed by atoms with van der Waals surface area (Å²) >= 11 is 0. The highest BCUT2D eigenvalue weighted by molar-refractivity contribution is 7.93. The molecule has 2 atom stereocenters. The van der Waals surface area contributed by atoms with Gasteiger partial charge in [-0.3, -0.25) is 14.3 Å². The molecule has 0 aliphatic rings. The molecule has 0 saturated heterocycles. The number of hydrogen-bond acceptors (Lipinski definition) is 10. The number of methoxy groups -OCH3 is 2. The van der Waals surface area contributed by atoms with Crippen LogP contribution in [0.4, 0.5) is 5.95 Å². The molecular formula is C25H27N7O6S. The van der Waals surface area contributed by atoms with Gasteiger partial charge < -0.3 is 14.6 Å². The van der Waals surface area contributed by atoms with Gasteiger partial charge in [-0.1, -0.05) is 13.0 Å². The van der Waals surface area contributed by atoms with E-state index in [0.717, 1.165) is 5.56 Å². The van der Waals surface area contributed by atoms with Crippen molar-refractivity contribution in [3.8, 4) is 28.6 Å². The van der Waals surface area contributed by atoms with Gasteiger partial charge in [-0.2, -0.15) is 0 Å². The molecule has 4 aromatic rings. The number of ether oxygens (including phenoxy) is 2. The number of aryl methyl sites for hydroxylation is 1. The summed E-state index contributed by atoms with van der Waals surface area (Å²) < 4.78 is 42.1. The second-order valence-electron chi connectivity index (χ2n) is 8.72. The Kier molecular flexibility index (Phi) is 7.76. The first-order chi connectivity index (χ1) is 18.6. The molecule has 39 heavy (non-hydrogen) atoms. The molecule has 0 aliphatic carbocycles. The Hall–Kier alpha value is -4.59. The van der Waals surface area contributed by atoms with Crippen molar-refractivity contribution in [2.75, 3.05) is 18.9 Å². The standard InChI is InChI=1S/C25H27N7O6S/c1-14-10-27-22(28-11-14)15(2)16(3)39(35,36)31-25-30-29-23(17-9-18(24(33)34)13-26-12-17)32(25)21-19(37-4)7-6-8-20(21)38-5/h6-13,15-16H,1-5H3,(H,30,31)(H,33,34)/t15-,16-/m0/s1. The number of rotatable bonds is 10. The molecule has 1 aromatic carbocycles. The summed E-state index contributed by atoms with van der Waals surface area (Å²) in [4.78, 5) is 24.1. The zero-order chi connectivity index (χ0) is 28.3. The highest BCUT2D eigenvalue weighted by Gasteiger charge is 2.32. The number of nitrogens with zero attached hydrogens (tertiary/aromatic N) is 6. The van der Waals surface area contributed by atoms with Crippen LogP contribution in [0, 0.1) is 6.92 Å². The summed E-state index contributed by atoms with van der Waals surface area (Å²) in [5, 5.41) is 16.8. The Labute approximate surface area is 225 Å². The topological polar surface area (TPSA) is 171 Å². The van der Waals surface area contributed by atoms with Crippen molar-refractivity contribution >= 4 is 21.9 Å². The predicted octanol–water partition coefficient (Wildman–Crippen LogP) is 3.08. The van der Waals surface area contributed by atoms with E-state index >= 15 is 0 Å². The van der Waals surface area contributed by atoms with Gasteiger partial charge in [-0.15, -0.1) is 10.2 Å². The van der Waals surface area contributed by atoms with Crippen LogP contribution in [-0.2, 0) is 10.0 Å². The van der Waals surface area contributed by atoms with E-state index in [9.17, 15) is 18.3 Å². The number of carboxylic acids is 1. The third kappa shape index (κ3) is 5.50. The van der Waals surface area contributed by atoms with Crippen molar-refractivity contribution in [2.45, 2.75) is 31.9 Å². The van der Waals surface area contributed by atoms with Crippen LogP contribution < -0.4 is 14.2 Å². The Morgan fingerprint density at radius 2 is 1.67 bits per heavy atom. The largest absolute Gasteiger partial charge is 0.494 e. The van der Waals surface area contributed by atoms with Gasteiger partial charge in [0.2, 0.25) is 16.0 Å². The van der Waals surface area contributed by atoms with Crippen LogP contribution in [0.2, 0.25) is 0 Å². The summed E-state index contributed by atoms with van der Waals surface area (Å²) in [6.07, 6.45) is 5.84. The molecule has 0 radical (unpaired) electrons. The first kappa shape index (κ1) is 27.4. The van der Waals surface area contributed by atoms with E-state index in [1.807, 2.05) is 6.92 Å². The Morgan fingerprint density at radius 3 is 2.26 bits per heavy atom. The second kappa shape index (κ2) is 11.0. The number of carbonyl (C=O) groups is 1. The first-order valence-corrected chi connectivity index (χ1v) is 13.3. The number of hydrogen-bond donors (Lipinski definition) is 2. The Bertz CT molecular complexity index is 1580. The summed E-state index contributed by atoms with van der Waals surface area (Å²) in [7, 11) is -1.18. The van der Waals surface area contributed by atoms with Gasteiger partial charge in [0, 0.05) is 36.3 Å². The molecule has 14 heteroatoms. The van der Waals surface area contributed by atoms with Crippen LogP contribution in [0.15, 0.2) is 49.1 Å². The van der Waals surface area contributed by atoms with E-state index in [1.54, 1.807) is 44.4 Å². The summed E-state index contributed by atoms with van der Waals surface area (Å²) in [6.45, 7) is 5.10. The van der Waals surface area contributed by atoms with E-state index in [-0.39, 0.29) is 22.9 Å². The first-order valence-electron chi connectivity index (χ1n) is 11.7. The molecule has 3 heterocycles. The highest BCUT2D eigenvalue weighted by Crippen LogP contribution is 2.38. The second-order valence-corrected chi connectivity index (χ2v) is 10.8. The van der Waals surface area contributed by atoms with Crippen molar-refractivity contribution in [3.63, 3.8) is 0 Å². The molecule has 0 saturated carbocycles. The number of pyridine rings is 1. The molecule has 13 nitrogen and oxygen atoms in total. The summed E-state index contributed by atoms with van der Waals surface area (Å²) in [5.41, 5.74) is 1.34. The van der Waals surface area contributed by atoms with Gasteiger partial charge in [0.15, 0.2) is 5.82 Å². The Balaban J connectivity index is 1.86. The lowest BCUT2D eigenvalue weighted by atomic mass is 10.1. The number of sulfonamides is 1. The maximum Gasteiger partial charge on any atom is 0.337 e. The van der Waals surface area contributed by atoms with Crippen LogP contribution in [-0.4, -0.2) is 68.7 Å². The monoisotopic (exact) mass is 553 g/mol. The van der Waals surface area contributed by atoms with Crippen molar-refractivity contribution in [1.29, 1.82) is 0 Å². The fraction of sp³-hybridized carbons (Fsp3) is 0.280. The zero-order valence-corrected chi connectivity index (χ0v) is 22.7. The number of aromatic nitrogens is 6. The van der Waals surface area contributed by atoms with Crippen LogP contribution in [0.5, 0.6) is 11.5 Å². The van der Waals surface area contributed by atoms with Gasteiger partial charge in [0.05, 0.1) is 25.0 Å². The average Bonchev–Trinajstić information content (AvgIpc) is 3.34. The third-order valence-electron chi connectivity index (χ3n) is 6.17. The lowest BCUT2D eigenvalue weighted by molar-refractivity contribution is 0.0696. The van der Waals surface area contributed by atoms with Crippen LogP contribution in [0.25, 0.3) is 17.1 Å². The maximum absolute atomic E-state index is 13.6. The minimum Gasteiger partial charge on any atom is -0.494 e. The Morgan fingerprint density at radius 1 is 1.03 bits per heavy atom. The van der Waals surface area contributed by atoms with Gasteiger partial charge >= 0.3 is 5.97 Å². The van der Waals surface area contributed by atoms with Gasteiger partial charge in [0.1, 0.15) is 23.0 Å². The van der Waals surface area contributed by atoms with E-state index < -0.39 is 27.2 Å². The van der Waals surface area contributed by atoms with E-state index in [4.69, 9.17) is 9.47 Å². The number of benzene rings is 1. The highest BCUT2D eigenvalue weighted by atomic mass is 32.2. The fourth-order valence-electron chi connectivity index (χ4n) is 3.82. The molecule has 204 valence electrons. The van der Waals surface area contributed by atoms with Gasteiger partial charge in [-0.05, 0) is 37.6 Å². The molecule has 3 aromatic heterocycles. The van der Waals surface area contributed by atoms with Gasteiger partial charge in [0.25, 0.3) is 0 Å². The molecule has 0 spiro atoms. The fourth-order valence-corrected chi connectivity index (χ4v) is 5.05. The minimum absolute atomic E-state index is 0.0864. The number of nitrogens with one attached hydrogen (secondary N) is 1. The van der Waals surface area contributed by atoms with Crippen LogP contribution in [0.1, 0.15) is 41.5 Å². The number of para-hydroxylation sites is 1. The van der Waals surface area contributed by atoms with Crippen molar-refractivity contribution in [3.05, 3.63) is 66.0 Å². The third-order valence-corrected chi connectivity index (χ3v) is 8.02. The zero-order valence-electron chi connectivity index (χ0n) is 21.9. The van der Waals surface area contributed by atoms with Gasteiger partial charge in [-0.25, -0.2) is 23.2 Å². The van der Waals surface area contributed by atoms with E-state index in [0.29, 0.717) is 23.0 Å². The van der Waals surface area contributed by atoms with E-state index in [1.165, 1.54) is 37.2 Å². The molecule has 0 amide bonds. The van der Waals surface area contributed by atoms with E-state index in [2.05, 4.69) is 29.9 Å². The molecule has 0 bridgehead atoms. The van der Waals surface area contributed by atoms with Crippen molar-refractivity contribution < 1.29 is 27.8 Å². The van der Waals surface area contributed by atoms with Crippen molar-refractivity contribution in [1.82, 2.24) is 29.7 Å². The quantitative estimate of drug-likeness (QED) is 0.296. The van der Waals surface area contributed by atoms with Crippen molar-refractivity contribution in [2.24, 2.45) is 0 Å². The molecular weight excluding hydrogens is 526 g/mol. The molecule has 0 aliphatic heterocycles. The number of anilines is 1. The molecule has 4 rings (SSSR count). The smallest absolute Gasteiger partial charge is 0.337 e. The normalized spacial score (nSPS) is 12.9. The summed E-state index contributed by atoms with van der Waals surface area (Å²) in [5.74, 6) is -0.779. The lowest BCUT2D eigenvalue weighted by Gasteiger charge is -2.21. The molecule has 2 N–H and O–H groups in total.